The lowest BCUT2D eigenvalue weighted by Crippen LogP contribution is -2.37. The van der Waals surface area contributed by atoms with E-state index in [0.717, 1.165) is 45.8 Å². The number of carboxylic acid groups (broad SMARTS) is 1. The molecule has 1 aliphatic heterocycles. The minimum absolute atomic E-state index is 0.237. The Labute approximate surface area is 112 Å². The van der Waals surface area contributed by atoms with Crippen molar-refractivity contribution in [3.05, 3.63) is 23.7 Å². The second-order valence-corrected chi connectivity index (χ2v) is 4.55. The molecule has 0 aromatic carbocycles. The normalized spacial score (nSPS) is 16.6. The van der Waals surface area contributed by atoms with Crippen molar-refractivity contribution in [2.45, 2.75) is 13.0 Å². The van der Waals surface area contributed by atoms with Crippen LogP contribution in [0.5, 0.6) is 0 Å². The van der Waals surface area contributed by atoms with Crippen LogP contribution in [0.15, 0.2) is 16.7 Å². The first-order valence-corrected chi connectivity index (χ1v) is 6.58. The van der Waals surface area contributed by atoms with E-state index in [-0.39, 0.29) is 5.56 Å². The summed E-state index contributed by atoms with van der Waals surface area (Å²) in [5.74, 6) is -0.460. The van der Waals surface area contributed by atoms with Crippen molar-refractivity contribution in [1.29, 1.82) is 0 Å². The average molecular weight is 268 g/mol. The van der Waals surface area contributed by atoms with E-state index in [9.17, 15) is 4.79 Å². The average Bonchev–Trinajstić information content (AvgIpc) is 2.88. The van der Waals surface area contributed by atoms with Gasteiger partial charge in [0, 0.05) is 13.1 Å². The molecule has 1 fully saturated rings. The molecule has 0 atom stereocenters. The minimum atomic E-state index is -0.945. The Balaban J connectivity index is 1.61. The van der Waals surface area contributed by atoms with Gasteiger partial charge in [-0.1, -0.05) is 0 Å². The zero-order chi connectivity index (χ0) is 13.5. The zero-order valence-corrected chi connectivity index (χ0v) is 10.9. The number of hydrogen-bond acceptors (Lipinski definition) is 5. The molecule has 106 valence electrons. The molecule has 0 radical (unpaired) electrons. The molecule has 1 aromatic heterocycles. The Morgan fingerprint density at radius 1 is 1.42 bits per heavy atom. The van der Waals surface area contributed by atoms with Gasteiger partial charge in [-0.3, -0.25) is 4.90 Å². The Morgan fingerprint density at radius 3 is 2.95 bits per heavy atom. The summed E-state index contributed by atoms with van der Waals surface area (Å²) in [5, 5.41) is 12.1. The number of aromatic carboxylic acids is 1. The van der Waals surface area contributed by atoms with Crippen LogP contribution < -0.4 is 5.32 Å². The number of morpholine rings is 1. The third-order valence-corrected chi connectivity index (χ3v) is 3.19. The number of nitrogens with zero attached hydrogens (tertiary/aromatic N) is 1. The maximum atomic E-state index is 10.9. The van der Waals surface area contributed by atoms with Gasteiger partial charge in [0.1, 0.15) is 11.3 Å². The molecule has 1 aromatic rings. The molecular weight excluding hydrogens is 248 g/mol. The number of furan rings is 1. The van der Waals surface area contributed by atoms with Gasteiger partial charge in [-0.15, -0.1) is 0 Å². The molecule has 0 unspecified atom stereocenters. The lowest BCUT2D eigenvalue weighted by atomic mass is 10.2. The topological polar surface area (TPSA) is 74.9 Å². The van der Waals surface area contributed by atoms with Crippen LogP contribution in [0.25, 0.3) is 0 Å². The van der Waals surface area contributed by atoms with Crippen LogP contribution >= 0.6 is 0 Å². The number of carboxylic acids is 1. The molecule has 1 saturated heterocycles. The smallest absolute Gasteiger partial charge is 0.339 e. The van der Waals surface area contributed by atoms with E-state index in [1.165, 1.54) is 12.3 Å². The lowest BCUT2D eigenvalue weighted by Gasteiger charge is -2.26. The highest BCUT2D eigenvalue weighted by molar-refractivity contribution is 5.88. The molecule has 0 bridgehead atoms. The summed E-state index contributed by atoms with van der Waals surface area (Å²) in [6.07, 6.45) is 2.44. The third-order valence-electron chi connectivity index (χ3n) is 3.19. The summed E-state index contributed by atoms with van der Waals surface area (Å²) in [5.41, 5.74) is 0.237. The quantitative estimate of drug-likeness (QED) is 0.712. The summed E-state index contributed by atoms with van der Waals surface area (Å²) < 4.78 is 10.4. The summed E-state index contributed by atoms with van der Waals surface area (Å²) in [6.45, 7) is 5.99. The number of nitrogens with one attached hydrogen (secondary N) is 1. The van der Waals surface area contributed by atoms with E-state index in [2.05, 4.69) is 10.2 Å². The third kappa shape index (κ3) is 4.34. The molecule has 0 amide bonds. The molecule has 0 saturated carbocycles. The molecule has 2 heterocycles. The molecule has 19 heavy (non-hydrogen) atoms. The summed E-state index contributed by atoms with van der Waals surface area (Å²) >= 11 is 0. The molecule has 0 aliphatic carbocycles. The van der Waals surface area contributed by atoms with Crippen molar-refractivity contribution < 1.29 is 19.1 Å². The van der Waals surface area contributed by atoms with Gasteiger partial charge in [-0.25, -0.2) is 4.79 Å². The predicted octanol–water partition coefficient (Wildman–Crippen LogP) is 0.790. The SMILES string of the molecule is O=C(O)c1ccoc1CNCCCN1CCOCC1. The molecule has 1 aliphatic rings. The van der Waals surface area contributed by atoms with Gasteiger partial charge in [0.25, 0.3) is 0 Å². The first-order valence-electron chi connectivity index (χ1n) is 6.58. The van der Waals surface area contributed by atoms with Crippen LogP contribution in [0.2, 0.25) is 0 Å². The number of rotatable bonds is 7. The van der Waals surface area contributed by atoms with Crippen molar-refractivity contribution in [1.82, 2.24) is 10.2 Å². The van der Waals surface area contributed by atoms with Crippen molar-refractivity contribution >= 4 is 5.97 Å². The van der Waals surface area contributed by atoms with Crippen molar-refractivity contribution in [2.24, 2.45) is 0 Å². The Morgan fingerprint density at radius 2 is 2.21 bits per heavy atom. The van der Waals surface area contributed by atoms with Gasteiger partial charge in [0.15, 0.2) is 0 Å². The maximum absolute atomic E-state index is 10.9. The largest absolute Gasteiger partial charge is 0.478 e. The van der Waals surface area contributed by atoms with Gasteiger partial charge >= 0.3 is 5.97 Å². The fraction of sp³-hybridized carbons (Fsp3) is 0.615. The molecular formula is C13H20N2O4. The molecule has 2 N–H and O–H groups in total. The monoisotopic (exact) mass is 268 g/mol. The van der Waals surface area contributed by atoms with Crippen molar-refractivity contribution in [3.63, 3.8) is 0 Å². The number of hydrogen-bond donors (Lipinski definition) is 2. The van der Waals surface area contributed by atoms with E-state index >= 15 is 0 Å². The summed E-state index contributed by atoms with van der Waals surface area (Å²) in [4.78, 5) is 13.2. The van der Waals surface area contributed by atoms with Crippen LogP contribution in [0, 0.1) is 0 Å². The van der Waals surface area contributed by atoms with Gasteiger partial charge in [0.05, 0.1) is 26.0 Å². The second-order valence-electron chi connectivity index (χ2n) is 4.55. The predicted molar refractivity (Wildman–Crippen MR) is 69.3 cm³/mol. The number of ether oxygens (including phenoxy) is 1. The molecule has 2 rings (SSSR count). The van der Waals surface area contributed by atoms with E-state index < -0.39 is 5.97 Å². The standard InChI is InChI=1S/C13H20N2O4/c16-13(17)11-2-7-19-12(11)10-14-3-1-4-15-5-8-18-9-6-15/h2,7,14H,1,3-6,8-10H2,(H,16,17). The van der Waals surface area contributed by atoms with E-state index in [4.69, 9.17) is 14.3 Å². The van der Waals surface area contributed by atoms with Crippen LogP contribution in [0.3, 0.4) is 0 Å². The van der Waals surface area contributed by atoms with Gasteiger partial charge in [0.2, 0.25) is 0 Å². The molecule has 0 spiro atoms. The Bertz CT molecular complexity index is 399. The highest BCUT2D eigenvalue weighted by atomic mass is 16.5. The second kappa shape index (κ2) is 7.28. The van der Waals surface area contributed by atoms with Gasteiger partial charge in [-0.05, 0) is 25.6 Å². The molecule has 6 heteroatoms. The van der Waals surface area contributed by atoms with Crippen molar-refractivity contribution in [2.75, 3.05) is 39.4 Å². The Kier molecular flexibility index (Phi) is 5.38. The van der Waals surface area contributed by atoms with Crippen LogP contribution in [0.1, 0.15) is 22.5 Å². The van der Waals surface area contributed by atoms with Crippen molar-refractivity contribution in [3.8, 4) is 0 Å². The lowest BCUT2D eigenvalue weighted by molar-refractivity contribution is 0.0374. The Hall–Kier alpha value is -1.37. The first kappa shape index (κ1) is 14.0. The fourth-order valence-corrected chi connectivity index (χ4v) is 2.12. The number of carbonyl (C=O) groups is 1. The summed E-state index contributed by atoms with van der Waals surface area (Å²) in [6, 6.07) is 1.48. The van der Waals surface area contributed by atoms with E-state index in [1.54, 1.807) is 0 Å². The first-order chi connectivity index (χ1) is 9.27. The van der Waals surface area contributed by atoms with Crippen LogP contribution in [-0.2, 0) is 11.3 Å². The fourth-order valence-electron chi connectivity index (χ4n) is 2.12. The van der Waals surface area contributed by atoms with E-state index in [1.807, 2.05) is 0 Å². The maximum Gasteiger partial charge on any atom is 0.339 e. The van der Waals surface area contributed by atoms with Gasteiger partial charge < -0.3 is 19.6 Å². The highest BCUT2D eigenvalue weighted by Crippen LogP contribution is 2.09. The minimum Gasteiger partial charge on any atom is -0.478 e. The van der Waals surface area contributed by atoms with Gasteiger partial charge in [-0.2, -0.15) is 0 Å². The zero-order valence-electron chi connectivity index (χ0n) is 10.9. The van der Waals surface area contributed by atoms with Crippen LogP contribution in [-0.4, -0.2) is 55.4 Å². The molecule has 6 nitrogen and oxygen atoms in total. The van der Waals surface area contributed by atoms with E-state index in [0.29, 0.717) is 12.3 Å². The summed E-state index contributed by atoms with van der Waals surface area (Å²) in [7, 11) is 0. The highest BCUT2D eigenvalue weighted by Gasteiger charge is 2.13. The van der Waals surface area contributed by atoms with Crippen LogP contribution in [0.4, 0.5) is 0 Å².